The largest absolute Gasteiger partial charge is 0.262 e. The first-order chi connectivity index (χ1) is 7.03. The smallest absolute Gasteiger partial charge is 0.207 e. The van der Waals surface area contributed by atoms with E-state index in [-0.39, 0.29) is 10.0 Å². The van der Waals surface area contributed by atoms with Crippen LogP contribution in [0.15, 0.2) is 21.9 Å². The van der Waals surface area contributed by atoms with Crippen LogP contribution in [-0.2, 0) is 18.1 Å². The molecule has 0 aromatic heterocycles. The second-order valence-electron chi connectivity index (χ2n) is 2.59. The van der Waals surface area contributed by atoms with Crippen LogP contribution in [-0.4, -0.2) is 16.8 Å². The van der Waals surface area contributed by atoms with E-state index in [1.807, 2.05) is 0 Å². The van der Waals surface area contributed by atoms with Crippen LogP contribution >= 0.6 is 44.6 Å². The summed E-state index contributed by atoms with van der Waals surface area (Å²) in [5, 5.41) is -0.636. The van der Waals surface area contributed by atoms with E-state index in [0.717, 1.165) is 12.1 Å². The summed E-state index contributed by atoms with van der Waals surface area (Å²) in [5.41, 5.74) is 0. The summed E-state index contributed by atoms with van der Waals surface area (Å²) in [7, 11) is 1.76. The molecule has 1 aromatic carbocycles. The van der Waals surface area contributed by atoms with Crippen molar-refractivity contribution in [3.63, 3.8) is 0 Å². The van der Waals surface area contributed by atoms with Gasteiger partial charge in [-0.15, -0.1) is 0 Å². The second-order valence-corrected chi connectivity index (χ2v) is 8.48. The fourth-order valence-electron chi connectivity index (χ4n) is 0.858. The summed E-state index contributed by atoms with van der Waals surface area (Å²) in [6.45, 7) is 0. The Kier molecular flexibility index (Phi) is 4.04. The highest BCUT2D eigenvalue weighted by Crippen LogP contribution is 2.34. The fraction of sp³-hybridized carbons (Fsp3) is 0. The van der Waals surface area contributed by atoms with Gasteiger partial charge in [-0.2, -0.15) is 0 Å². The molecule has 0 aliphatic rings. The summed E-state index contributed by atoms with van der Waals surface area (Å²) in [4.78, 5) is -1.11. The molecule has 0 amide bonds. The van der Waals surface area contributed by atoms with Gasteiger partial charge in [0.2, 0.25) is 0 Å². The molecule has 0 spiro atoms. The van der Waals surface area contributed by atoms with Crippen LogP contribution in [0.2, 0.25) is 10.0 Å². The molecule has 0 aliphatic carbocycles. The van der Waals surface area contributed by atoms with Gasteiger partial charge in [-0.3, -0.25) is 0 Å². The van der Waals surface area contributed by atoms with Crippen molar-refractivity contribution in [3.05, 3.63) is 22.2 Å². The lowest BCUT2D eigenvalue weighted by molar-refractivity contribution is 0.608. The van der Waals surface area contributed by atoms with Crippen molar-refractivity contribution in [2.45, 2.75) is 9.79 Å². The first-order valence-corrected chi connectivity index (χ1v) is 8.79. The lowest BCUT2D eigenvalue weighted by atomic mass is 10.4. The monoisotopic (exact) mass is 342 g/mol. The van der Waals surface area contributed by atoms with Crippen LogP contribution in [0, 0.1) is 0 Å². The number of rotatable bonds is 2. The highest BCUT2D eigenvalue weighted by molar-refractivity contribution is 8.14. The van der Waals surface area contributed by atoms with Gasteiger partial charge in [0.25, 0.3) is 18.1 Å². The molecule has 0 heterocycles. The average Bonchev–Trinajstić information content (AvgIpc) is 2.05. The molecule has 0 saturated carbocycles. The van der Waals surface area contributed by atoms with E-state index in [9.17, 15) is 16.8 Å². The Morgan fingerprint density at radius 1 is 0.875 bits per heavy atom. The van der Waals surface area contributed by atoms with Gasteiger partial charge in [0.15, 0.2) is 0 Å². The molecule has 1 aromatic rings. The van der Waals surface area contributed by atoms with Crippen molar-refractivity contribution in [1.82, 2.24) is 0 Å². The number of hydrogen-bond donors (Lipinski definition) is 0. The van der Waals surface area contributed by atoms with Gasteiger partial charge in [-0.25, -0.2) is 16.8 Å². The minimum atomic E-state index is -4.21. The van der Waals surface area contributed by atoms with E-state index in [1.54, 1.807) is 0 Å². The first kappa shape index (κ1) is 14.3. The van der Waals surface area contributed by atoms with E-state index in [1.165, 1.54) is 0 Å². The van der Waals surface area contributed by atoms with Crippen LogP contribution in [0.5, 0.6) is 0 Å². The van der Waals surface area contributed by atoms with Crippen molar-refractivity contribution >= 4 is 62.7 Å². The maximum atomic E-state index is 11.1. The molecule has 0 N–H and O–H groups in total. The Bertz CT molecular complexity index is 635. The Hall–Kier alpha value is 0.280. The molecule has 0 radical (unpaired) electrons. The SMILES string of the molecule is O=S(=O)(Cl)c1cc(Cl)c(Cl)c(S(=O)(=O)Cl)c1. The van der Waals surface area contributed by atoms with Crippen molar-refractivity contribution in [2.24, 2.45) is 0 Å². The predicted molar refractivity (Wildman–Crippen MR) is 62.5 cm³/mol. The molecule has 10 heteroatoms. The van der Waals surface area contributed by atoms with Gasteiger partial charge >= 0.3 is 0 Å². The summed E-state index contributed by atoms with van der Waals surface area (Å²) in [6, 6.07) is 1.66. The van der Waals surface area contributed by atoms with E-state index >= 15 is 0 Å². The Labute approximate surface area is 111 Å². The van der Waals surface area contributed by atoms with E-state index < -0.39 is 27.9 Å². The minimum Gasteiger partial charge on any atom is -0.207 e. The van der Waals surface area contributed by atoms with E-state index in [0.29, 0.717) is 0 Å². The zero-order valence-electron chi connectivity index (χ0n) is 7.12. The van der Waals surface area contributed by atoms with Gasteiger partial charge < -0.3 is 0 Å². The van der Waals surface area contributed by atoms with Crippen LogP contribution < -0.4 is 0 Å². The van der Waals surface area contributed by atoms with Crippen LogP contribution in [0.1, 0.15) is 0 Å². The molecule has 0 bridgehead atoms. The third-order valence-electron chi connectivity index (χ3n) is 1.51. The van der Waals surface area contributed by atoms with Crippen LogP contribution in [0.3, 0.4) is 0 Å². The van der Waals surface area contributed by atoms with Crippen LogP contribution in [0.4, 0.5) is 0 Å². The number of hydrogen-bond acceptors (Lipinski definition) is 4. The zero-order valence-corrected chi connectivity index (χ0v) is 11.8. The van der Waals surface area contributed by atoms with Crippen molar-refractivity contribution in [2.75, 3.05) is 0 Å². The Morgan fingerprint density at radius 3 is 1.75 bits per heavy atom. The molecular formula is C6H2Cl4O4S2. The van der Waals surface area contributed by atoms with Crippen molar-refractivity contribution < 1.29 is 16.8 Å². The number of benzene rings is 1. The van der Waals surface area contributed by atoms with E-state index in [4.69, 9.17) is 44.6 Å². The molecule has 1 rings (SSSR count). The summed E-state index contributed by atoms with van der Waals surface area (Å²) >= 11 is 11.1. The maximum absolute atomic E-state index is 11.1. The molecule has 0 saturated heterocycles. The van der Waals surface area contributed by atoms with Crippen molar-refractivity contribution in [1.29, 1.82) is 0 Å². The predicted octanol–water partition coefficient (Wildman–Crippen LogP) is 2.85. The molecule has 4 nitrogen and oxygen atoms in total. The first-order valence-electron chi connectivity index (χ1n) is 3.42. The summed E-state index contributed by atoms with van der Waals surface area (Å²) < 4.78 is 44.1. The van der Waals surface area contributed by atoms with Gasteiger partial charge in [0, 0.05) is 21.4 Å². The quantitative estimate of drug-likeness (QED) is 0.774. The van der Waals surface area contributed by atoms with Crippen molar-refractivity contribution in [3.8, 4) is 0 Å². The normalized spacial score (nSPS) is 12.8. The van der Waals surface area contributed by atoms with Gasteiger partial charge in [-0.05, 0) is 12.1 Å². The van der Waals surface area contributed by atoms with Crippen LogP contribution in [0.25, 0.3) is 0 Å². The molecule has 16 heavy (non-hydrogen) atoms. The molecule has 0 atom stereocenters. The minimum absolute atomic E-state index is 0.275. The highest BCUT2D eigenvalue weighted by atomic mass is 35.7. The summed E-state index contributed by atoms with van der Waals surface area (Å²) in [5.74, 6) is 0. The van der Waals surface area contributed by atoms with Gasteiger partial charge in [0.1, 0.15) is 4.90 Å². The molecule has 0 unspecified atom stereocenters. The molecular weight excluding hydrogens is 342 g/mol. The topological polar surface area (TPSA) is 68.3 Å². The molecule has 0 fully saturated rings. The van der Waals surface area contributed by atoms with E-state index in [2.05, 4.69) is 0 Å². The zero-order chi connectivity index (χ0) is 12.7. The third kappa shape index (κ3) is 3.15. The lowest BCUT2D eigenvalue weighted by Gasteiger charge is -2.04. The Morgan fingerprint density at radius 2 is 1.38 bits per heavy atom. The third-order valence-corrected chi connectivity index (χ3v) is 5.11. The van der Waals surface area contributed by atoms with Gasteiger partial charge in [0.05, 0.1) is 14.9 Å². The lowest BCUT2D eigenvalue weighted by Crippen LogP contribution is -1.98. The number of halogens is 4. The van der Waals surface area contributed by atoms with Gasteiger partial charge in [-0.1, -0.05) is 23.2 Å². The average molecular weight is 344 g/mol. The second kappa shape index (κ2) is 4.51. The molecule has 90 valence electrons. The maximum Gasteiger partial charge on any atom is 0.262 e. The Balaban J connectivity index is 3.72. The fourth-order valence-corrected chi connectivity index (χ4v) is 3.55. The highest BCUT2D eigenvalue weighted by Gasteiger charge is 2.22. The molecule has 0 aliphatic heterocycles. The standard InChI is InChI=1S/C6H2Cl4O4S2/c7-4-1-3(15(9,11)12)2-5(6(4)8)16(10,13)14/h1-2H. The summed E-state index contributed by atoms with van der Waals surface area (Å²) in [6.07, 6.45) is 0.